The first kappa shape index (κ1) is 21.0. The summed E-state index contributed by atoms with van der Waals surface area (Å²) in [5.74, 6) is -1.07. The zero-order valence-corrected chi connectivity index (χ0v) is 17.9. The Labute approximate surface area is 168 Å². The van der Waals surface area contributed by atoms with E-state index >= 15 is 0 Å². The molecule has 5 heteroatoms. The summed E-state index contributed by atoms with van der Waals surface area (Å²) in [5.41, 5.74) is 0.103. The Kier molecular flexibility index (Phi) is 7.33. The van der Waals surface area contributed by atoms with Crippen LogP contribution in [-0.2, 0) is 9.53 Å². The molecule has 0 amide bonds. The van der Waals surface area contributed by atoms with Crippen LogP contribution in [0.3, 0.4) is 0 Å². The minimum Gasteiger partial charge on any atom is -0.460 e. The van der Waals surface area contributed by atoms with Gasteiger partial charge in [0.1, 0.15) is 5.60 Å². The Hall–Kier alpha value is -1.30. The zero-order valence-electron chi connectivity index (χ0n) is 15.5. The van der Waals surface area contributed by atoms with Crippen LogP contribution in [0, 0.1) is 5.92 Å². The fourth-order valence-corrected chi connectivity index (χ4v) is 4.33. The summed E-state index contributed by atoms with van der Waals surface area (Å²) in [6.45, 7) is 7.46. The highest BCUT2D eigenvalue weighted by Gasteiger charge is 2.37. The lowest BCUT2D eigenvalue weighted by molar-refractivity contribution is -0.164. The molecule has 140 valence electrons. The van der Waals surface area contributed by atoms with Gasteiger partial charge in [0.25, 0.3) is 0 Å². The Balaban J connectivity index is 2.30. The van der Waals surface area contributed by atoms with Gasteiger partial charge in [0.05, 0.1) is 12.0 Å². The van der Waals surface area contributed by atoms with Crippen LogP contribution in [-0.4, -0.2) is 21.9 Å². The highest BCUT2D eigenvalue weighted by atomic mass is 79.9. The first-order valence-electron chi connectivity index (χ1n) is 8.56. The van der Waals surface area contributed by atoms with E-state index in [9.17, 15) is 9.90 Å². The number of halogens is 1. The summed E-state index contributed by atoms with van der Waals surface area (Å²) in [5, 5.41) is 10.8. The fraction of sp³-hybridized carbons (Fsp3) is 0.381. The monoisotopic (exact) mass is 436 g/mol. The molecule has 0 aromatic heterocycles. The number of aliphatic hydroxyl groups excluding tert-OH is 1. The van der Waals surface area contributed by atoms with E-state index in [-0.39, 0.29) is 11.2 Å². The number of hydrogen-bond donors (Lipinski definition) is 1. The molecule has 0 saturated heterocycles. The van der Waals surface area contributed by atoms with Crippen LogP contribution in [0.2, 0.25) is 0 Å². The van der Waals surface area contributed by atoms with E-state index in [1.807, 2.05) is 82.3 Å². The molecule has 3 nitrogen and oxygen atoms in total. The van der Waals surface area contributed by atoms with Gasteiger partial charge in [0, 0.05) is 14.6 Å². The molecule has 0 aliphatic carbocycles. The van der Waals surface area contributed by atoms with Crippen LogP contribution in [0.1, 0.15) is 39.4 Å². The predicted octanol–water partition coefficient (Wildman–Crippen LogP) is 5.62. The number of rotatable bonds is 6. The minimum atomic E-state index is -0.934. The molecular formula is C21H25BrO3S. The van der Waals surface area contributed by atoms with E-state index in [2.05, 4.69) is 15.9 Å². The second-order valence-electron chi connectivity index (χ2n) is 7.17. The Morgan fingerprint density at radius 3 is 2.23 bits per heavy atom. The van der Waals surface area contributed by atoms with Crippen LogP contribution in [0.15, 0.2) is 64.0 Å². The smallest absolute Gasteiger partial charge is 0.313 e. The topological polar surface area (TPSA) is 46.5 Å². The van der Waals surface area contributed by atoms with Crippen LogP contribution < -0.4 is 0 Å². The molecule has 1 N–H and O–H groups in total. The molecule has 26 heavy (non-hydrogen) atoms. The summed E-state index contributed by atoms with van der Waals surface area (Å²) in [6, 6.07) is 17.1. The Morgan fingerprint density at radius 2 is 1.65 bits per heavy atom. The van der Waals surface area contributed by atoms with E-state index < -0.39 is 17.6 Å². The molecule has 0 fully saturated rings. The fourth-order valence-electron chi connectivity index (χ4n) is 2.62. The average molecular weight is 437 g/mol. The molecule has 0 spiro atoms. The SMILES string of the molecule is C[C@@H](Sc1ccccc1Br)[C@H](C(=O)OC(C)(C)C)[C@H](O)c1ccccc1. The van der Waals surface area contributed by atoms with Gasteiger partial charge < -0.3 is 9.84 Å². The number of thioether (sulfide) groups is 1. The van der Waals surface area contributed by atoms with Crippen molar-refractivity contribution in [1.82, 2.24) is 0 Å². The van der Waals surface area contributed by atoms with Gasteiger partial charge in [-0.1, -0.05) is 49.4 Å². The number of esters is 1. The summed E-state index contributed by atoms with van der Waals surface area (Å²) in [6.07, 6.45) is -0.934. The van der Waals surface area contributed by atoms with E-state index in [1.165, 1.54) is 0 Å². The molecule has 0 aliphatic heterocycles. The number of benzene rings is 2. The van der Waals surface area contributed by atoms with Crippen molar-refractivity contribution in [3.05, 3.63) is 64.6 Å². The molecule has 2 rings (SSSR count). The number of hydrogen-bond acceptors (Lipinski definition) is 4. The highest BCUT2D eigenvalue weighted by molar-refractivity contribution is 9.10. The van der Waals surface area contributed by atoms with Crippen molar-refractivity contribution in [3.63, 3.8) is 0 Å². The van der Waals surface area contributed by atoms with Crippen LogP contribution >= 0.6 is 27.7 Å². The maximum absolute atomic E-state index is 12.9. The lowest BCUT2D eigenvalue weighted by Gasteiger charge is -2.30. The van der Waals surface area contributed by atoms with Crippen LogP contribution in [0.4, 0.5) is 0 Å². The van der Waals surface area contributed by atoms with Crippen LogP contribution in [0.5, 0.6) is 0 Å². The zero-order chi connectivity index (χ0) is 19.3. The molecule has 0 unspecified atom stereocenters. The lowest BCUT2D eigenvalue weighted by Crippen LogP contribution is -2.36. The van der Waals surface area contributed by atoms with Crippen molar-refractivity contribution in [3.8, 4) is 0 Å². The average Bonchev–Trinajstić information content (AvgIpc) is 2.56. The second kappa shape index (κ2) is 9.07. The maximum atomic E-state index is 12.9. The molecule has 0 bridgehead atoms. The van der Waals surface area contributed by atoms with Crippen molar-refractivity contribution in [1.29, 1.82) is 0 Å². The largest absolute Gasteiger partial charge is 0.460 e. The van der Waals surface area contributed by atoms with Gasteiger partial charge in [-0.2, -0.15) is 0 Å². The molecular weight excluding hydrogens is 412 g/mol. The Morgan fingerprint density at radius 1 is 1.08 bits per heavy atom. The summed E-state index contributed by atoms with van der Waals surface area (Å²) in [7, 11) is 0. The minimum absolute atomic E-state index is 0.182. The van der Waals surface area contributed by atoms with Crippen molar-refractivity contribution in [2.75, 3.05) is 0 Å². The Bertz CT molecular complexity index is 728. The van der Waals surface area contributed by atoms with Gasteiger partial charge in [0.15, 0.2) is 0 Å². The van der Waals surface area contributed by atoms with Gasteiger partial charge in [-0.05, 0) is 54.4 Å². The highest BCUT2D eigenvalue weighted by Crippen LogP contribution is 2.38. The first-order valence-corrected chi connectivity index (χ1v) is 10.2. The molecule has 3 atom stereocenters. The maximum Gasteiger partial charge on any atom is 0.313 e. The van der Waals surface area contributed by atoms with E-state index in [0.29, 0.717) is 5.56 Å². The molecule has 2 aromatic rings. The molecule has 0 saturated carbocycles. The van der Waals surface area contributed by atoms with E-state index in [4.69, 9.17) is 4.74 Å². The second-order valence-corrected chi connectivity index (χ2v) is 9.44. The lowest BCUT2D eigenvalue weighted by atomic mass is 9.93. The van der Waals surface area contributed by atoms with Crippen LogP contribution in [0.25, 0.3) is 0 Å². The normalized spacial score (nSPS) is 15.2. The third-order valence-corrected chi connectivity index (χ3v) is 6.04. The standard InChI is InChI=1S/C21H25BrO3S/c1-14(26-17-13-9-8-12-16(17)22)18(20(24)25-21(2,3)4)19(23)15-10-6-5-7-11-15/h5-14,18-19,23H,1-4H3/t14-,18+,19-/m1/s1. The van der Waals surface area contributed by atoms with Crippen molar-refractivity contribution < 1.29 is 14.6 Å². The quantitative estimate of drug-likeness (QED) is 0.471. The molecule has 0 heterocycles. The number of aliphatic hydroxyl groups is 1. The third kappa shape index (κ3) is 5.86. The molecule has 0 radical (unpaired) electrons. The third-order valence-electron chi connectivity index (χ3n) is 3.82. The van der Waals surface area contributed by atoms with Crippen molar-refractivity contribution in [2.45, 2.75) is 49.5 Å². The van der Waals surface area contributed by atoms with E-state index in [1.54, 1.807) is 11.8 Å². The number of ether oxygens (including phenoxy) is 1. The van der Waals surface area contributed by atoms with Crippen molar-refractivity contribution in [2.24, 2.45) is 5.92 Å². The number of carbonyl (C=O) groups excluding carboxylic acids is 1. The molecule has 2 aromatic carbocycles. The van der Waals surface area contributed by atoms with Crippen molar-refractivity contribution >= 4 is 33.7 Å². The summed E-state index contributed by atoms with van der Waals surface area (Å²) in [4.78, 5) is 13.9. The first-order chi connectivity index (χ1) is 12.2. The van der Waals surface area contributed by atoms with Gasteiger partial charge in [-0.15, -0.1) is 11.8 Å². The molecule has 0 aliphatic rings. The summed E-state index contributed by atoms with van der Waals surface area (Å²) >= 11 is 5.09. The van der Waals surface area contributed by atoms with Gasteiger partial charge in [0.2, 0.25) is 0 Å². The predicted molar refractivity (Wildman–Crippen MR) is 110 cm³/mol. The van der Waals surface area contributed by atoms with Gasteiger partial charge >= 0.3 is 5.97 Å². The van der Waals surface area contributed by atoms with Gasteiger partial charge in [-0.25, -0.2) is 0 Å². The van der Waals surface area contributed by atoms with Gasteiger partial charge in [-0.3, -0.25) is 4.79 Å². The summed E-state index contributed by atoms with van der Waals surface area (Å²) < 4.78 is 6.57. The van der Waals surface area contributed by atoms with E-state index in [0.717, 1.165) is 9.37 Å². The number of carbonyl (C=O) groups is 1.